The number of anilines is 2. The van der Waals surface area contributed by atoms with Crippen molar-refractivity contribution in [1.82, 2.24) is 4.98 Å². The Morgan fingerprint density at radius 2 is 2.24 bits per heavy atom. The minimum absolute atomic E-state index is 0.278. The van der Waals surface area contributed by atoms with Gasteiger partial charge < -0.3 is 15.4 Å². The van der Waals surface area contributed by atoms with Crippen molar-refractivity contribution in [2.45, 2.75) is 33.3 Å². The van der Waals surface area contributed by atoms with E-state index < -0.39 is 0 Å². The van der Waals surface area contributed by atoms with Crippen LogP contribution in [0.3, 0.4) is 0 Å². The van der Waals surface area contributed by atoms with E-state index in [1.807, 2.05) is 0 Å². The summed E-state index contributed by atoms with van der Waals surface area (Å²) in [6.45, 7) is 8.33. The van der Waals surface area contributed by atoms with Crippen molar-refractivity contribution >= 4 is 22.2 Å². The lowest BCUT2D eigenvalue weighted by atomic mass is 10.1. The molecule has 0 radical (unpaired) electrons. The van der Waals surface area contributed by atoms with Crippen molar-refractivity contribution in [3.63, 3.8) is 0 Å². The van der Waals surface area contributed by atoms with E-state index in [0.29, 0.717) is 5.13 Å². The second-order valence-corrected chi connectivity index (χ2v) is 6.56. The molecule has 1 atom stereocenters. The zero-order valence-corrected chi connectivity index (χ0v) is 13.5. The molecule has 0 fully saturated rings. The maximum absolute atomic E-state index is 6.06. The summed E-state index contributed by atoms with van der Waals surface area (Å²) in [5.41, 5.74) is 9.06. The predicted octanol–water partition coefficient (Wildman–Crippen LogP) is 3.70. The van der Waals surface area contributed by atoms with Crippen molar-refractivity contribution in [1.29, 1.82) is 0 Å². The van der Waals surface area contributed by atoms with Gasteiger partial charge in [0, 0.05) is 17.0 Å². The molecule has 112 valence electrons. The predicted molar refractivity (Wildman–Crippen MR) is 89.3 cm³/mol. The fourth-order valence-electron chi connectivity index (χ4n) is 2.77. The first-order valence-electron chi connectivity index (χ1n) is 7.41. The number of benzene rings is 1. The van der Waals surface area contributed by atoms with Gasteiger partial charge in [0.2, 0.25) is 0 Å². The summed E-state index contributed by atoms with van der Waals surface area (Å²) in [6, 6.07) is 6.31. The fourth-order valence-corrected chi connectivity index (χ4v) is 3.48. The molecule has 0 saturated carbocycles. The third kappa shape index (κ3) is 2.58. The molecule has 1 unspecified atom stereocenters. The van der Waals surface area contributed by atoms with Crippen LogP contribution in [-0.4, -0.2) is 24.2 Å². The van der Waals surface area contributed by atoms with Gasteiger partial charge in [-0.2, -0.15) is 0 Å². The third-order valence-electron chi connectivity index (χ3n) is 3.94. The summed E-state index contributed by atoms with van der Waals surface area (Å²) >= 11 is 1.53. The van der Waals surface area contributed by atoms with Crippen molar-refractivity contribution < 1.29 is 4.74 Å². The Balaban J connectivity index is 2.03. The number of fused-ring (bicyclic) bond motifs is 1. The maximum atomic E-state index is 6.06. The van der Waals surface area contributed by atoms with Gasteiger partial charge in [-0.15, -0.1) is 11.3 Å². The molecular weight excluding hydrogens is 282 g/mol. The molecule has 1 aromatic carbocycles. The number of nitrogen functional groups attached to an aromatic ring is 1. The van der Waals surface area contributed by atoms with Gasteiger partial charge in [0.1, 0.15) is 11.9 Å². The van der Waals surface area contributed by atoms with Crippen LogP contribution in [0.15, 0.2) is 18.2 Å². The summed E-state index contributed by atoms with van der Waals surface area (Å²) in [6.07, 6.45) is 1.30. The number of nitrogens with zero attached hydrogens (tertiary/aromatic N) is 2. The molecule has 0 aliphatic carbocycles. The topological polar surface area (TPSA) is 51.4 Å². The molecule has 5 heteroatoms. The lowest BCUT2D eigenvalue weighted by molar-refractivity contribution is 0.190. The number of hydrogen-bond acceptors (Lipinski definition) is 5. The van der Waals surface area contributed by atoms with Gasteiger partial charge in [-0.05, 0) is 38.5 Å². The fraction of sp³-hybridized carbons (Fsp3) is 0.438. The van der Waals surface area contributed by atoms with Crippen LogP contribution in [0.1, 0.15) is 25.1 Å². The second kappa shape index (κ2) is 5.56. The molecular formula is C16H21N3OS. The number of rotatable bonds is 3. The average molecular weight is 303 g/mol. The second-order valence-electron chi connectivity index (χ2n) is 5.33. The quantitative estimate of drug-likeness (QED) is 0.939. The standard InChI is InChI=1S/C16H21N3OS/c1-4-12-9-19(5-2)13-8-11(6-7-14(13)20-12)15-10(3)21-16(17)18-15/h6-8,12H,4-5,9H2,1-3H3,(H2,17,18). The highest BCUT2D eigenvalue weighted by Crippen LogP contribution is 2.38. The Bertz CT molecular complexity index is 653. The van der Waals surface area contributed by atoms with Crippen molar-refractivity contribution in [3.8, 4) is 17.0 Å². The van der Waals surface area contributed by atoms with Gasteiger partial charge in [0.15, 0.2) is 5.13 Å². The molecule has 3 rings (SSSR count). The first kappa shape index (κ1) is 14.2. The van der Waals surface area contributed by atoms with Crippen LogP contribution in [0.2, 0.25) is 0 Å². The molecule has 0 amide bonds. The van der Waals surface area contributed by atoms with Gasteiger partial charge >= 0.3 is 0 Å². The Kier molecular flexibility index (Phi) is 3.76. The van der Waals surface area contributed by atoms with Crippen LogP contribution in [-0.2, 0) is 0 Å². The molecule has 2 N–H and O–H groups in total. The number of thiazole rings is 1. The Labute approximate surface area is 129 Å². The number of likely N-dealkylation sites (N-methyl/N-ethyl adjacent to an activating group) is 1. The van der Waals surface area contributed by atoms with Crippen molar-refractivity contribution in [3.05, 3.63) is 23.1 Å². The molecule has 1 aliphatic rings. The number of ether oxygens (including phenoxy) is 1. The SMILES string of the molecule is CCC1CN(CC)c2cc(-c3nc(N)sc3C)ccc2O1. The van der Waals surface area contributed by atoms with Crippen LogP contribution in [0.25, 0.3) is 11.3 Å². The van der Waals surface area contributed by atoms with Crippen LogP contribution in [0.5, 0.6) is 5.75 Å². The molecule has 1 aliphatic heterocycles. The molecule has 0 bridgehead atoms. The zero-order valence-electron chi connectivity index (χ0n) is 12.7. The number of nitrogens with two attached hydrogens (primary N) is 1. The first-order valence-corrected chi connectivity index (χ1v) is 8.23. The van der Waals surface area contributed by atoms with Crippen LogP contribution in [0, 0.1) is 6.92 Å². The zero-order chi connectivity index (χ0) is 15.0. The molecule has 21 heavy (non-hydrogen) atoms. The Morgan fingerprint density at radius 1 is 1.43 bits per heavy atom. The smallest absolute Gasteiger partial charge is 0.180 e. The molecule has 2 heterocycles. The van der Waals surface area contributed by atoms with E-state index in [0.717, 1.165) is 47.1 Å². The molecule has 1 aromatic heterocycles. The van der Waals surface area contributed by atoms with Gasteiger partial charge in [0.25, 0.3) is 0 Å². The van der Waals surface area contributed by atoms with E-state index in [4.69, 9.17) is 10.5 Å². The van der Waals surface area contributed by atoms with Gasteiger partial charge in [-0.3, -0.25) is 0 Å². The molecule has 4 nitrogen and oxygen atoms in total. The maximum Gasteiger partial charge on any atom is 0.180 e. The van der Waals surface area contributed by atoms with E-state index in [1.54, 1.807) is 0 Å². The summed E-state index contributed by atoms with van der Waals surface area (Å²) in [7, 11) is 0. The van der Waals surface area contributed by atoms with Gasteiger partial charge in [0.05, 0.1) is 17.9 Å². The summed E-state index contributed by atoms with van der Waals surface area (Å²) in [5.74, 6) is 0.972. The van der Waals surface area contributed by atoms with Crippen LogP contribution in [0.4, 0.5) is 10.8 Å². The van der Waals surface area contributed by atoms with E-state index in [1.165, 1.54) is 11.3 Å². The van der Waals surface area contributed by atoms with Crippen molar-refractivity contribution in [2.24, 2.45) is 0 Å². The van der Waals surface area contributed by atoms with Crippen LogP contribution >= 0.6 is 11.3 Å². The normalized spacial score (nSPS) is 17.5. The van der Waals surface area contributed by atoms with E-state index in [9.17, 15) is 0 Å². The Hall–Kier alpha value is -1.75. The van der Waals surface area contributed by atoms with E-state index in [-0.39, 0.29) is 6.10 Å². The lowest BCUT2D eigenvalue weighted by Crippen LogP contribution is -2.39. The number of hydrogen-bond donors (Lipinski definition) is 1. The van der Waals surface area contributed by atoms with E-state index in [2.05, 4.69) is 48.9 Å². The minimum Gasteiger partial charge on any atom is -0.486 e. The van der Waals surface area contributed by atoms with Gasteiger partial charge in [-0.25, -0.2) is 4.98 Å². The monoisotopic (exact) mass is 303 g/mol. The largest absolute Gasteiger partial charge is 0.486 e. The van der Waals surface area contributed by atoms with Crippen LogP contribution < -0.4 is 15.4 Å². The first-order chi connectivity index (χ1) is 10.1. The summed E-state index contributed by atoms with van der Waals surface area (Å²) < 4.78 is 6.06. The number of aryl methyl sites for hydroxylation is 1. The summed E-state index contributed by atoms with van der Waals surface area (Å²) in [5, 5.41) is 0.620. The minimum atomic E-state index is 0.278. The lowest BCUT2D eigenvalue weighted by Gasteiger charge is -2.35. The highest BCUT2D eigenvalue weighted by molar-refractivity contribution is 7.15. The third-order valence-corrected chi connectivity index (χ3v) is 4.74. The molecule has 2 aromatic rings. The molecule has 0 saturated heterocycles. The Morgan fingerprint density at radius 3 is 2.86 bits per heavy atom. The van der Waals surface area contributed by atoms with Gasteiger partial charge in [-0.1, -0.05) is 6.92 Å². The van der Waals surface area contributed by atoms with E-state index >= 15 is 0 Å². The molecule has 0 spiro atoms. The number of aromatic nitrogens is 1. The average Bonchev–Trinajstić information content (AvgIpc) is 2.84. The highest BCUT2D eigenvalue weighted by Gasteiger charge is 2.24. The highest BCUT2D eigenvalue weighted by atomic mass is 32.1. The van der Waals surface area contributed by atoms with Crippen molar-refractivity contribution in [2.75, 3.05) is 23.7 Å². The summed E-state index contributed by atoms with van der Waals surface area (Å²) in [4.78, 5) is 7.98.